The molecule has 0 saturated heterocycles. The SMILES string of the molecule is O=C(NN=Cc1ccc(OC(=O)c2ccc(Cl)cc2Cl)cc1)c1ccc(O)cc1. The van der Waals surface area contributed by atoms with Crippen molar-refractivity contribution in [3.05, 3.63) is 93.5 Å². The lowest BCUT2D eigenvalue weighted by Crippen LogP contribution is -2.17. The third kappa shape index (κ3) is 5.57. The van der Waals surface area contributed by atoms with E-state index < -0.39 is 11.9 Å². The second-order valence-electron chi connectivity index (χ2n) is 5.83. The Balaban J connectivity index is 1.58. The van der Waals surface area contributed by atoms with Gasteiger partial charge in [-0.25, -0.2) is 10.2 Å². The Morgan fingerprint density at radius 1 is 0.966 bits per heavy atom. The number of ether oxygens (including phenoxy) is 1. The van der Waals surface area contributed by atoms with Crippen LogP contribution in [0.1, 0.15) is 26.3 Å². The zero-order valence-corrected chi connectivity index (χ0v) is 16.3. The van der Waals surface area contributed by atoms with E-state index in [9.17, 15) is 14.7 Å². The van der Waals surface area contributed by atoms with Crippen molar-refractivity contribution >= 4 is 41.3 Å². The highest BCUT2D eigenvalue weighted by molar-refractivity contribution is 6.36. The lowest BCUT2D eigenvalue weighted by molar-refractivity contribution is 0.0734. The number of benzene rings is 3. The number of carbonyl (C=O) groups is 2. The summed E-state index contributed by atoms with van der Waals surface area (Å²) in [6, 6.07) is 16.8. The summed E-state index contributed by atoms with van der Waals surface area (Å²) in [5.41, 5.74) is 3.64. The minimum Gasteiger partial charge on any atom is -0.508 e. The Kier molecular flexibility index (Phi) is 6.49. The summed E-state index contributed by atoms with van der Waals surface area (Å²) in [6.07, 6.45) is 1.44. The number of carbonyl (C=O) groups excluding carboxylic acids is 2. The predicted octanol–water partition coefficient (Wildman–Crippen LogP) is 4.68. The quantitative estimate of drug-likeness (QED) is 0.267. The summed E-state index contributed by atoms with van der Waals surface area (Å²) < 4.78 is 5.29. The second-order valence-corrected chi connectivity index (χ2v) is 6.67. The molecule has 0 fully saturated rings. The van der Waals surface area contributed by atoms with Gasteiger partial charge in [0.05, 0.1) is 16.8 Å². The number of esters is 1. The average molecular weight is 429 g/mol. The summed E-state index contributed by atoms with van der Waals surface area (Å²) in [7, 11) is 0. The van der Waals surface area contributed by atoms with Crippen LogP contribution < -0.4 is 10.2 Å². The van der Waals surface area contributed by atoms with Gasteiger partial charge in [0.2, 0.25) is 0 Å². The summed E-state index contributed by atoms with van der Waals surface area (Å²) in [5.74, 6) is -0.614. The van der Waals surface area contributed by atoms with E-state index in [1.807, 2.05) is 0 Å². The van der Waals surface area contributed by atoms with E-state index in [1.54, 1.807) is 30.3 Å². The van der Waals surface area contributed by atoms with Gasteiger partial charge in [-0.3, -0.25) is 4.79 Å². The molecular weight excluding hydrogens is 415 g/mol. The van der Waals surface area contributed by atoms with Crippen LogP contribution in [0.3, 0.4) is 0 Å². The lowest BCUT2D eigenvalue weighted by atomic mass is 10.2. The third-order valence-corrected chi connectivity index (χ3v) is 4.30. The molecule has 0 aliphatic carbocycles. The van der Waals surface area contributed by atoms with E-state index >= 15 is 0 Å². The summed E-state index contributed by atoms with van der Waals surface area (Å²) in [5, 5.41) is 13.7. The van der Waals surface area contributed by atoms with Gasteiger partial charge < -0.3 is 9.84 Å². The second kappa shape index (κ2) is 9.23. The van der Waals surface area contributed by atoms with Crippen molar-refractivity contribution in [1.29, 1.82) is 0 Å². The summed E-state index contributed by atoms with van der Waals surface area (Å²) >= 11 is 11.8. The number of amides is 1. The van der Waals surface area contributed by atoms with Gasteiger partial charge in [-0.15, -0.1) is 0 Å². The van der Waals surface area contributed by atoms with Gasteiger partial charge in [-0.2, -0.15) is 5.10 Å². The maximum atomic E-state index is 12.2. The number of phenolic OH excluding ortho intramolecular Hbond substituents is 1. The van der Waals surface area contributed by atoms with E-state index in [-0.39, 0.29) is 16.3 Å². The fourth-order valence-corrected chi connectivity index (χ4v) is 2.77. The topological polar surface area (TPSA) is 88.0 Å². The van der Waals surface area contributed by atoms with Gasteiger partial charge in [-0.1, -0.05) is 23.2 Å². The van der Waals surface area contributed by atoms with Crippen molar-refractivity contribution in [2.24, 2.45) is 5.10 Å². The standard InChI is InChI=1S/C21H14Cl2N2O4/c22-15-5-10-18(19(23)11-15)21(28)29-17-8-1-13(2-9-17)12-24-25-20(27)14-3-6-16(26)7-4-14/h1-12,26H,(H,25,27). The van der Waals surface area contributed by atoms with Gasteiger partial charge >= 0.3 is 5.97 Å². The smallest absolute Gasteiger partial charge is 0.345 e. The number of hydrogen-bond acceptors (Lipinski definition) is 5. The fraction of sp³-hybridized carbons (Fsp3) is 0. The monoisotopic (exact) mass is 428 g/mol. The molecule has 8 heteroatoms. The number of nitrogens with one attached hydrogen (secondary N) is 1. The zero-order chi connectivity index (χ0) is 20.8. The average Bonchev–Trinajstić information content (AvgIpc) is 2.69. The van der Waals surface area contributed by atoms with Crippen LogP contribution in [0, 0.1) is 0 Å². The van der Waals surface area contributed by atoms with Crippen LogP contribution in [0.25, 0.3) is 0 Å². The molecule has 0 radical (unpaired) electrons. The first-order valence-electron chi connectivity index (χ1n) is 8.32. The molecule has 0 aliphatic heterocycles. The van der Waals surface area contributed by atoms with Crippen LogP contribution in [0.15, 0.2) is 71.8 Å². The molecule has 1 amide bonds. The summed E-state index contributed by atoms with van der Waals surface area (Å²) in [6.45, 7) is 0. The van der Waals surface area contributed by atoms with Crippen LogP contribution >= 0.6 is 23.2 Å². The lowest BCUT2D eigenvalue weighted by Gasteiger charge is -2.06. The number of nitrogens with zero attached hydrogens (tertiary/aromatic N) is 1. The number of aromatic hydroxyl groups is 1. The molecule has 0 bridgehead atoms. The first kappa shape index (κ1) is 20.4. The Labute approximate surface area is 176 Å². The zero-order valence-electron chi connectivity index (χ0n) is 14.8. The number of phenols is 1. The molecular formula is C21H14Cl2N2O4. The number of rotatable bonds is 5. The first-order valence-corrected chi connectivity index (χ1v) is 9.08. The Morgan fingerprint density at radius 3 is 2.31 bits per heavy atom. The van der Waals surface area contributed by atoms with Crippen LogP contribution in [0.4, 0.5) is 0 Å². The highest BCUT2D eigenvalue weighted by Crippen LogP contribution is 2.23. The van der Waals surface area contributed by atoms with Crippen molar-refractivity contribution in [3.8, 4) is 11.5 Å². The Bertz CT molecular complexity index is 1070. The van der Waals surface area contributed by atoms with Gasteiger partial charge in [0, 0.05) is 10.6 Å². The third-order valence-electron chi connectivity index (χ3n) is 3.75. The molecule has 0 aromatic heterocycles. The molecule has 6 nitrogen and oxygen atoms in total. The van der Waals surface area contributed by atoms with Crippen LogP contribution in [-0.4, -0.2) is 23.2 Å². The predicted molar refractivity (Wildman–Crippen MR) is 111 cm³/mol. The van der Waals surface area contributed by atoms with Crippen LogP contribution in [-0.2, 0) is 0 Å². The Morgan fingerprint density at radius 2 is 1.66 bits per heavy atom. The molecule has 0 saturated carbocycles. The minimum atomic E-state index is -0.603. The van der Waals surface area contributed by atoms with Crippen molar-refractivity contribution in [1.82, 2.24) is 5.43 Å². The normalized spacial score (nSPS) is 10.7. The number of hydrogen-bond donors (Lipinski definition) is 2. The Hall–Kier alpha value is -3.35. The minimum absolute atomic E-state index is 0.0733. The molecule has 3 rings (SSSR count). The number of halogens is 2. The first-order chi connectivity index (χ1) is 13.9. The molecule has 29 heavy (non-hydrogen) atoms. The van der Waals surface area contributed by atoms with Crippen LogP contribution in [0.2, 0.25) is 10.0 Å². The fourth-order valence-electron chi connectivity index (χ4n) is 2.28. The molecule has 0 unspecified atom stereocenters. The highest BCUT2D eigenvalue weighted by Gasteiger charge is 2.13. The van der Waals surface area contributed by atoms with Crippen LogP contribution in [0.5, 0.6) is 11.5 Å². The van der Waals surface area contributed by atoms with Crippen molar-refractivity contribution < 1.29 is 19.4 Å². The van der Waals surface area contributed by atoms with E-state index in [2.05, 4.69) is 10.5 Å². The molecule has 0 atom stereocenters. The maximum absolute atomic E-state index is 12.2. The van der Waals surface area contributed by atoms with Gasteiger partial charge in [-0.05, 0) is 72.3 Å². The van der Waals surface area contributed by atoms with Gasteiger partial charge in [0.1, 0.15) is 11.5 Å². The van der Waals surface area contributed by atoms with E-state index in [0.717, 1.165) is 0 Å². The molecule has 0 heterocycles. The summed E-state index contributed by atoms with van der Waals surface area (Å²) in [4.78, 5) is 24.1. The van der Waals surface area contributed by atoms with Gasteiger partial charge in [0.15, 0.2) is 0 Å². The molecule has 3 aromatic carbocycles. The highest BCUT2D eigenvalue weighted by atomic mass is 35.5. The largest absolute Gasteiger partial charge is 0.508 e. The van der Waals surface area contributed by atoms with Crippen molar-refractivity contribution in [2.45, 2.75) is 0 Å². The van der Waals surface area contributed by atoms with E-state index in [4.69, 9.17) is 27.9 Å². The van der Waals surface area contributed by atoms with Gasteiger partial charge in [0.25, 0.3) is 5.91 Å². The molecule has 146 valence electrons. The maximum Gasteiger partial charge on any atom is 0.345 e. The molecule has 0 aliphatic rings. The molecule has 2 N–H and O–H groups in total. The number of hydrazone groups is 1. The van der Waals surface area contributed by atoms with E-state index in [0.29, 0.717) is 21.9 Å². The van der Waals surface area contributed by atoms with E-state index in [1.165, 1.54) is 42.6 Å². The molecule has 0 spiro atoms. The molecule has 3 aromatic rings. The van der Waals surface area contributed by atoms with Crippen molar-refractivity contribution in [3.63, 3.8) is 0 Å². The van der Waals surface area contributed by atoms with Crippen molar-refractivity contribution in [2.75, 3.05) is 0 Å².